The largest absolute Gasteiger partial charge is 0.467 e. The molecule has 0 atom stereocenters. The van der Waals surface area contributed by atoms with Crippen LogP contribution in [0, 0.1) is 11.8 Å². The van der Waals surface area contributed by atoms with Gasteiger partial charge in [0, 0.05) is 10.6 Å². The monoisotopic (exact) mass is 329 g/mol. The molecule has 0 aliphatic heterocycles. The topological polar surface area (TPSA) is 43.9 Å². The van der Waals surface area contributed by atoms with Crippen LogP contribution >= 0.6 is 23.4 Å². The van der Waals surface area contributed by atoms with E-state index in [0.717, 1.165) is 16.5 Å². The highest BCUT2D eigenvalue weighted by atomic mass is 35.5. The molecule has 1 aromatic carbocycles. The first-order valence-electron chi connectivity index (χ1n) is 6.59. The predicted molar refractivity (Wildman–Crippen MR) is 86.9 cm³/mol. The van der Waals surface area contributed by atoms with E-state index in [-0.39, 0.29) is 0 Å². The average molecular weight is 330 g/mol. The van der Waals surface area contributed by atoms with Crippen LogP contribution in [0.15, 0.2) is 58.6 Å². The molecular weight excluding hydrogens is 318 g/mol. The number of aromatic nitrogens is 3. The SMILES string of the molecule is Clc1ccc(C#CCSc2nncn2Cc2ccco2)cc1. The number of furan rings is 1. The van der Waals surface area contributed by atoms with Crippen LogP contribution in [-0.4, -0.2) is 20.5 Å². The zero-order valence-electron chi connectivity index (χ0n) is 11.6. The van der Waals surface area contributed by atoms with Gasteiger partial charge in [0.1, 0.15) is 12.1 Å². The second-order valence-corrected chi connectivity index (χ2v) is 5.80. The Morgan fingerprint density at radius 2 is 2.09 bits per heavy atom. The van der Waals surface area contributed by atoms with Crippen molar-refractivity contribution in [1.29, 1.82) is 0 Å². The highest BCUT2D eigenvalue weighted by Gasteiger charge is 2.06. The van der Waals surface area contributed by atoms with Crippen molar-refractivity contribution in [1.82, 2.24) is 14.8 Å². The number of hydrogen-bond donors (Lipinski definition) is 0. The molecule has 6 heteroatoms. The molecule has 0 spiro atoms. The molecule has 0 N–H and O–H groups in total. The zero-order valence-corrected chi connectivity index (χ0v) is 13.1. The third-order valence-corrected chi connectivity index (χ3v) is 3.95. The van der Waals surface area contributed by atoms with E-state index in [4.69, 9.17) is 16.0 Å². The van der Waals surface area contributed by atoms with Gasteiger partial charge in [0.05, 0.1) is 18.6 Å². The van der Waals surface area contributed by atoms with Gasteiger partial charge in [-0.3, -0.25) is 0 Å². The molecule has 0 unspecified atom stereocenters. The van der Waals surface area contributed by atoms with Gasteiger partial charge in [-0.25, -0.2) is 0 Å². The fourth-order valence-corrected chi connectivity index (χ4v) is 2.59. The van der Waals surface area contributed by atoms with E-state index in [1.807, 2.05) is 41.0 Å². The summed E-state index contributed by atoms with van der Waals surface area (Å²) in [5.41, 5.74) is 0.946. The van der Waals surface area contributed by atoms with Crippen molar-refractivity contribution in [2.45, 2.75) is 11.7 Å². The van der Waals surface area contributed by atoms with Gasteiger partial charge in [-0.1, -0.05) is 35.2 Å². The molecule has 0 fully saturated rings. The lowest BCUT2D eigenvalue weighted by Crippen LogP contribution is -1.99. The first kappa shape index (κ1) is 14.8. The van der Waals surface area contributed by atoms with Crippen LogP contribution in [0.3, 0.4) is 0 Å². The maximum Gasteiger partial charge on any atom is 0.192 e. The fraction of sp³-hybridized carbons (Fsp3) is 0.125. The normalized spacial score (nSPS) is 10.2. The van der Waals surface area contributed by atoms with Crippen LogP contribution < -0.4 is 0 Å². The van der Waals surface area contributed by atoms with Gasteiger partial charge < -0.3 is 8.98 Å². The van der Waals surface area contributed by atoms with E-state index in [1.165, 1.54) is 0 Å². The highest BCUT2D eigenvalue weighted by Crippen LogP contribution is 2.16. The van der Waals surface area contributed by atoms with E-state index >= 15 is 0 Å². The van der Waals surface area contributed by atoms with Crippen molar-refractivity contribution in [3.05, 3.63) is 65.3 Å². The minimum atomic E-state index is 0.618. The summed E-state index contributed by atoms with van der Waals surface area (Å²) in [6.07, 6.45) is 3.35. The molecule has 0 aliphatic carbocycles. The van der Waals surface area contributed by atoms with Gasteiger partial charge in [-0.05, 0) is 36.4 Å². The van der Waals surface area contributed by atoms with E-state index < -0.39 is 0 Å². The Morgan fingerprint density at radius 3 is 2.86 bits per heavy atom. The number of rotatable bonds is 4. The lowest BCUT2D eigenvalue weighted by atomic mass is 10.2. The van der Waals surface area contributed by atoms with Crippen LogP contribution in [-0.2, 0) is 6.54 Å². The molecule has 2 aromatic heterocycles. The minimum absolute atomic E-state index is 0.618. The first-order valence-corrected chi connectivity index (χ1v) is 7.95. The molecule has 0 aliphatic rings. The van der Waals surface area contributed by atoms with Crippen LogP contribution in [0.1, 0.15) is 11.3 Å². The van der Waals surface area contributed by atoms with Crippen molar-refractivity contribution in [2.24, 2.45) is 0 Å². The molecule has 3 rings (SSSR count). The van der Waals surface area contributed by atoms with Crippen molar-refractivity contribution in [2.75, 3.05) is 5.75 Å². The van der Waals surface area contributed by atoms with Gasteiger partial charge in [-0.15, -0.1) is 10.2 Å². The molecule has 0 amide bonds. The summed E-state index contributed by atoms with van der Waals surface area (Å²) >= 11 is 7.38. The fourth-order valence-electron chi connectivity index (χ4n) is 1.81. The molecule has 2 heterocycles. The van der Waals surface area contributed by atoms with E-state index in [0.29, 0.717) is 17.3 Å². The van der Waals surface area contributed by atoms with Gasteiger partial charge in [0.25, 0.3) is 0 Å². The summed E-state index contributed by atoms with van der Waals surface area (Å²) in [7, 11) is 0. The molecule has 0 bridgehead atoms. The van der Waals surface area contributed by atoms with Gasteiger partial charge in [-0.2, -0.15) is 0 Å². The van der Waals surface area contributed by atoms with E-state index in [1.54, 1.807) is 24.4 Å². The molecule has 4 nitrogen and oxygen atoms in total. The van der Waals surface area contributed by atoms with E-state index in [9.17, 15) is 0 Å². The summed E-state index contributed by atoms with van der Waals surface area (Å²) in [6.45, 7) is 0.618. The molecule has 0 saturated carbocycles. The van der Waals surface area contributed by atoms with E-state index in [2.05, 4.69) is 22.0 Å². The summed E-state index contributed by atoms with van der Waals surface area (Å²) < 4.78 is 7.27. The molecular formula is C16H12ClN3OS. The van der Waals surface area contributed by atoms with Crippen molar-refractivity contribution in [3.8, 4) is 11.8 Å². The third-order valence-electron chi connectivity index (χ3n) is 2.84. The minimum Gasteiger partial charge on any atom is -0.467 e. The van der Waals surface area contributed by atoms with Crippen LogP contribution in [0.4, 0.5) is 0 Å². The Hall–Kier alpha value is -2.16. The highest BCUT2D eigenvalue weighted by molar-refractivity contribution is 7.99. The summed E-state index contributed by atoms with van der Waals surface area (Å²) in [4.78, 5) is 0. The Morgan fingerprint density at radius 1 is 1.23 bits per heavy atom. The lowest BCUT2D eigenvalue weighted by Gasteiger charge is -2.01. The summed E-state index contributed by atoms with van der Waals surface area (Å²) in [5.74, 6) is 7.71. The second kappa shape index (κ2) is 7.21. The standard InChI is InChI=1S/C16H12ClN3OS/c17-14-7-5-13(6-8-14)3-2-10-22-16-19-18-12-20(16)11-15-4-1-9-21-15/h1,4-9,12H,10-11H2. The average Bonchev–Trinajstić information content (AvgIpc) is 3.18. The number of benzene rings is 1. The Labute approximate surface area is 137 Å². The molecule has 110 valence electrons. The number of nitrogens with zero attached hydrogens (tertiary/aromatic N) is 3. The third kappa shape index (κ3) is 3.94. The predicted octanol–water partition coefficient (Wildman–Crippen LogP) is 3.72. The maximum atomic E-state index is 5.84. The van der Waals surface area contributed by atoms with Crippen LogP contribution in [0.25, 0.3) is 0 Å². The quantitative estimate of drug-likeness (QED) is 0.540. The Kier molecular flexibility index (Phi) is 4.84. The van der Waals surface area contributed by atoms with Gasteiger partial charge in [0.15, 0.2) is 5.16 Å². The van der Waals surface area contributed by atoms with Gasteiger partial charge >= 0.3 is 0 Å². The van der Waals surface area contributed by atoms with Crippen molar-refractivity contribution >= 4 is 23.4 Å². The lowest BCUT2D eigenvalue weighted by molar-refractivity contribution is 0.484. The Bertz CT molecular complexity index is 785. The summed E-state index contributed by atoms with van der Waals surface area (Å²) in [6, 6.07) is 11.3. The Balaban J connectivity index is 1.58. The molecule has 0 radical (unpaired) electrons. The van der Waals surface area contributed by atoms with Crippen molar-refractivity contribution < 1.29 is 4.42 Å². The summed E-state index contributed by atoms with van der Waals surface area (Å²) in [5, 5.41) is 9.57. The zero-order chi connectivity index (χ0) is 15.2. The maximum absolute atomic E-state index is 5.84. The molecule has 0 saturated heterocycles. The van der Waals surface area contributed by atoms with Gasteiger partial charge in [0.2, 0.25) is 0 Å². The molecule has 22 heavy (non-hydrogen) atoms. The first-order chi connectivity index (χ1) is 10.8. The van der Waals surface area contributed by atoms with Crippen LogP contribution in [0.2, 0.25) is 5.02 Å². The second-order valence-electron chi connectivity index (χ2n) is 4.42. The molecule has 3 aromatic rings. The van der Waals surface area contributed by atoms with Crippen molar-refractivity contribution in [3.63, 3.8) is 0 Å². The number of thioether (sulfide) groups is 1. The number of hydrogen-bond acceptors (Lipinski definition) is 4. The smallest absolute Gasteiger partial charge is 0.192 e. The van der Waals surface area contributed by atoms with Crippen LogP contribution in [0.5, 0.6) is 0 Å². The number of halogens is 1.